The smallest absolute Gasteiger partial charge is 0.272 e. The molecule has 0 aliphatic carbocycles. The van der Waals surface area contributed by atoms with Crippen molar-refractivity contribution in [3.8, 4) is 0 Å². The van der Waals surface area contributed by atoms with Gasteiger partial charge in [0, 0.05) is 26.7 Å². The van der Waals surface area contributed by atoms with Crippen molar-refractivity contribution >= 4 is 5.91 Å². The Kier molecular flexibility index (Phi) is 5.93. The molecule has 1 heterocycles. The van der Waals surface area contributed by atoms with Crippen molar-refractivity contribution in [1.82, 2.24) is 14.7 Å². The molecule has 0 unspecified atom stereocenters. The quantitative estimate of drug-likeness (QED) is 0.852. The highest BCUT2D eigenvalue weighted by atomic mass is 16.2. The highest BCUT2D eigenvalue weighted by Gasteiger charge is 2.20. The number of nitrogens with zero attached hydrogens (tertiary/aromatic N) is 3. The van der Waals surface area contributed by atoms with Gasteiger partial charge in [-0.05, 0) is 24.0 Å². The Morgan fingerprint density at radius 1 is 1.26 bits per heavy atom. The fourth-order valence-electron chi connectivity index (χ4n) is 2.51. The van der Waals surface area contributed by atoms with Crippen LogP contribution in [0.1, 0.15) is 41.5 Å². The number of hydrogen-bond donors (Lipinski definition) is 1. The lowest BCUT2D eigenvalue weighted by molar-refractivity contribution is 0.0751. The number of nitrogens with two attached hydrogens (primary N) is 1. The minimum Gasteiger partial charge on any atom is -0.336 e. The summed E-state index contributed by atoms with van der Waals surface area (Å²) in [5, 5.41) is 4.43. The van der Waals surface area contributed by atoms with Crippen LogP contribution in [0.25, 0.3) is 0 Å². The Hall–Kier alpha value is -2.14. The molecule has 1 aromatic carbocycles. The van der Waals surface area contributed by atoms with Crippen LogP contribution in [-0.2, 0) is 13.5 Å². The van der Waals surface area contributed by atoms with Gasteiger partial charge in [-0.1, -0.05) is 44.2 Å². The van der Waals surface area contributed by atoms with Gasteiger partial charge < -0.3 is 10.6 Å². The summed E-state index contributed by atoms with van der Waals surface area (Å²) in [4.78, 5) is 14.6. The second-order valence-corrected chi connectivity index (χ2v) is 6.05. The Bertz CT molecular complexity index is 634. The summed E-state index contributed by atoms with van der Waals surface area (Å²) < 4.78 is 1.67. The second kappa shape index (κ2) is 7.92. The SMILES string of the molecule is CC(C)c1cc(C(=O)N(CCN)CCc2ccccc2)n(C)n1. The third-order valence-corrected chi connectivity index (χ3v) is 3.91. The van der Waals surface area contributed by atoms with Gasteiger partial charge in [0.25, 0.3) is 5.91 Å². The van der Waals surface area contributed by atoms with E-state index in [0.29, 0.717) is 31.2 Å². The Morgan fingerprint density at radius 2 is 1.96 bits per heavy atom. The number of carbonyl (C=O) groups is 1. The van der Waals surface area contributed by atoms with E-state index >= 15 is 0 Å². The number of aromatic nitrogens is 2. The zero-order chi connectivity index (χ0) is 16.8. The van der Waals surface area contributed by atoms with E-state index in [1.165, 1.54) is 5.56 Å². The van der Waals surface area contributed by atoms with E-state index in [9.17, 15) is 4.79 Å². The molecule has 0 bridgehead atoms. The van der Waals surface area contributed by atoms with Gasteiger partial charge in [0.05, 0.1) is 5.69 Å². The minimum absolute atomic E-state index is 0.00622. The highest BCUT2D eigenvalue weighted by Crippen LogP contribution is 2.15. The standard InChI is InChI=1S/C18H26N4O/c1-14(2)16-13-17(21(3)20-16)18(23)22(12-10-19)11-9-15-7-5-4-6-8-15/h4-8,13-14H,9-12,19H2,1-3H3. The summed E-state index contributed by atoms with van der Waals surface area (Å²) in [5.74, 6) is 0.295. The monoisotopic (exact) mass is 314 g/mol. The normalized spacial score (nSPS) is 11.0. The van der Waals surface area contributed by atoms with Gasteiger partial charge in [-0.25, -0.2) is 0 Å². The van der Waals surface area contributed by atoms with Crippen molar-refractivity contribution in [2.45, 2.75) is 26.2 Å². The molecule has 2 N–H and O–H groups in total. The van der Waals surface area contributed by atoms with Crippen LogP contribution in [0.15, 0.2) is 36.4 Å². The lowest BCUT2D eigenvalue weighted by Gasteiger charge is -2.22. The molecule has 2 rings (SSSR count). The first-order valence-corrected chi connectivity index (χ1v) is 8.10. The van der Waals surface area contributed by atoms with Crippen LogP contribution in [-0.4, -0.2) is 40.2 Å². The van der Waals surface area contributed by atoms with Gasteiger partial charge in [0.1, 0.15) is 5.69 Å². The second-order valence-electron chi connectivity index (χ2n) is 6.05. The third kappa shape index (κ3) is 4.42. The van der Waals surface area contributed by atoms with Crippen LogP contribution in [0.5, 0.6) is 0 Å². The summed E-state index contributed by atoms with van der Waals surface area (Å²) in [6, 6.07) is 12.1. The Morgan fingerprint density at radius 3 is 2.52 bits per heavy atom. The molecule has 124 valence electrons. The van der Waals surface area contributed by atoms with Crippen molar-refractivity contribution in [1.29, 1.82) is 0 Å². The Balaban J connectivity index is 2.11. The van der Waals surface area contributed by atoms with E-state index in [1.807, 2.05) is 36.2 Å². The van der Waals surface area contributed by atoms with E-state index in [-0.39, 0.29) is 5.91 Å². The first-order valence-electron chi connectivity index (χ1n) is 8.10. The topological polar surface area (TPSA) is 64.2 Å². The zero-order valence-electron chi connectivity index (χ0n) is 14.2. The van der Waals surface area contributed by atoms with Crippen molar-refractivity contribution in [2.75, 3.05) is 19.6 Å². The first-order chi connectivity index (χ1) is 11.0. The summed E-state index contributed by atoms with van der Waals surface area (Å²) in [6.07, 6.45) is 0.821. The largest absolute Gasteiger partial charge is 0.336 e. The number of benzene rings is 1. The molecule has 5 nitrogen and oxygen atoms in total. The van der Waals surface area contributed by atoms with Crippen LogP contribution in [0.2, 0.25) is 0 Å². The van der Waals surface area contributed by atoms with Crippen molar-refractivity contribution in [2.24, 2.45) is 12.8 Å². The molecular formula is C18H26N4O. The molecule has 0 radical (unpaired) electrons. The van der Waals surface area contributed by atoms with Gasteiger partial charge in [-0.15, -0.1) is 0 Å². The Labute approximate surface area is 138 Å². The number of aryl methyl sites for hydroxylation is 1. The maximum absolute atomic E-state index is 12.8. The van der Waals surface area contributed by atoms with E-state index in [4.69, 9.17) is 5.73 Å². The maximum Gasteiger partial charge on any atom is 0.272 e. The van der Waals surface area contributed by atoms with Crippen LogP contribution >= 0.6 is 0 Å². The molecule has 0 saturated heterocycles. The molecule has 23 heavy (non-hydrogen) atoms. The van der Waals surface area contributed by atoms with Gasteiger partial charge in [-0.3, -0.25) is 9.48 Å². The van der Waals surface area contributed by atoms with Gasteiger partial charge in [-0.2, -0.15) is 5.10 Å². The zero-order valence-corrected chi connectivity index (χ0v) is 14.2. The number of rotatable bonds is 7. The van der Waals surface area contributed by atoms with Crippen LogP contribution < -0.4 is 5.73 Å². The van der Waals surface area contributed by atoms with Crippen molar-refractivity contribution in [3.05, 3.63) is 53.3 Å². The average Bonchev–Trinajstić information content (AvgIpc) is 2.94. The van der Waals surface area contributed by atoms with E-state index < -0.39 is 0 Å². The fraction of sp³-hybridized carbons (Fsp3) is 0.444. The molecule has 2 aromatic rings. The van der Waals surface area contributed by atoms with E-state index in [2.05, 4.69) is 31.1 Å². The van der Waals surface area contributed by atoms with Crippen molar-refractivity contribution in [3.63, 3.8) is 0 Å². The molecule has 5 heteroatoms. The molecule has 0 atom stereocenters. The van der Waals surface area contributed by atoms with Gasteiger partial charge in [0.15, 0.2) is 0 Å². The van der Waals surface area contributed by atoms with Gasteiger partial charge >= 0.3 is 0 Å². The third-order valence-electron chi connectivity index (χ3n) is 3.91. The molecule has 0 aliphatic rings. The predicted octanol–water partition coefficient (Wildman–Crippen LogP) is 2.19. The van der Waals surface area contributed by atoms with E-state index in [0.717, 1.165) is 12.1 Å². The highest BCUT2D eigenvalue weighted by molar-refractivity contribution is 5.92. The molecule has 0 fully saturated rings. The number of carbonyl (C=O) groups excluding carboxylic acids is 1. The van der Waals surface area contributed by atoms with Crippen LogP contribution in [0.4, 0.5) is 0 Å². The molecule has 0 aliphatic heterocycles. The van der Waals surface area contributed by atoms with Crippen molar-refractivity contribution < 1.29 is 4.79 Å². The van der Waals surface area contributed by atoms with Gasteiger partial charge in [0.2, 0.25) is 0 Å². The fourth-order valence-corrected chi connectivity index (χ4v) is 2.51. The lowest BCUT2D eigenvalue weighted by Crippen LogP contribution is -2.37. The predicted molar refractivity (Wildman–Crippen MR) is 92.4 cm³/mol. The van der Waals surface area contributed by atoms with Crippen LogP contribution in [0.3, 0.4) is 0 Å². The lowest BCUT2D eigenvalue weighted by atomic mass is 10.1. The molecule has 0 saturated carbocycles. The summed E-state index contributed by atoms with van der Waals surface area (Å²) >= 11 is 0. The molecule has 0 spiro atoms. The maximum atomic E-state index is 12.8. The molecule has 1 aromatic heterocycles. The van der Waals surface area contributed by atoms with E-state index in [1.54, 1.807) is 4.68 Å². The minimum atomic E-state index is -0.00622. The summed E-state index contributed by atoms with van der Waals surface area (Å²) in [5.41, 5.74) is 8.46. The number of amides is 1. The molecule has 1 amide bonds. The number of hydrogen-bond acceptors (Lipinski definition) is 3. The van der Waals surface area contributed by atoms with Crippen LogP contribution in [0, 0.1) is 0 Å². The average molecular weight is 314 g/mol. The summed E-state index contributed by atoms with van der Waals surface area (Å²) in [7, 11) is 1.82. The summed E-state index contributed by atoms with van der Waals surface area (Å²) in [6.45, 7) is 5.80. The molecular weight excluding hydrogens is 288 g/mol. The first kappa shape index (κ1) is 17.2.